The molecule has 9 aliphatic rings. The molecule has 0 bridgehead atoms. The summed E-state index contributed by atoms with van der Waals surface area (Å²) >= 11 is 0. The monoisotopic (exact) mass is 689 g/mol. The van der Waals surface area contributed by atoms with Crippen LogP contribution < -0.4 is 0 Å². The molecule has 0 fully saturated rings. The third-order valence-corrected chi connectivity index (χ3v) is 16.4. The van der Waals surface area contributed by atoms with Crippen molar-refractivity contribution in [1.29, 1.82) is 0 Å². The molecule has 0 aromatic heterocycles. The second kappa shape index (κ2) is 11.4. The van der Waals surface area contributed by atoms with Crippen LogP contribution in [-0.4, -0.2) is 0 Å². The van der Waals surface area contributed by atoms with Gasteiger partial charge in [-0.25, -0.2) is 0 Å². The molecule has 0 heteroatoms. The summed E-state index contributed by atoms with van der Waals surface area (Å²) in [5.74, 6) is 0. The van der Waals surface area contributed by atoms with Gasteiger partial charge in [0, 0.05) is 27.1 Å². The Kier molecular flexibility index (Phi) is 7.62. The Balaban J connectivity index is 1.02. The van der Waals surface area contributed by atoms with E-state index in [2.05, 4.69) is 118 Å². The highest BCUT2D eigenvalue weighted by Crippen LogP contribution is 2.62. The fraction of sp³-hybridized carbons (Fsp3) is 0.538. The second-order valence-corrected chi connectivity index (χ2v) is 20.1. The lowest BCUT2D eigenvalue weighted by Crippen LogP contribution is -2.27. The smallest absolute Gasteiger partial charge is 0.0152 e. The molecule has 0 radical (unpaired) electrons. The Morgan fingerprint density at radius 2 is 0.731 bits per heavy atom. The van der Waals surface area contributed by atoms with Crippen LogP contribution in [0, 0.1) is 27.1 Å². The van der Waals surface area contributed by atoms with Gasteiger partial charge in [-0.05, 0) is 150 Å². The zero-order chi connectivity index (χ0) is 36.6. The Hall–Kier alpha value is -3.12. The van der Waals surface area contributed by atoms with Gasteiger partial charge in [0.2, 0.25) is 0 Å². The highest BCUT2D eigenvalue weighted by Gasteiger charge is 2.47. The van der Waals surface area contributed by atoms with Crippen molar-refractivity contribution in [3.63, 3.8) is 0 Å². The van der Waals surface area contributed by atoms with Gasteiger partial charge >= 0.3 is 0 Å². The molecule has 0 nitrogen and oxygen atoms in total. The summed E-state index contributed by atoms with van der Waals surface area (Å²) in [7, 11) is 0. The van der Waals surface area contributed by atoms with Gasteiger partial charge in [-0.1, -0.05) is 140 Å². The number of hydrogen-bond donors (Lipinski definition) is 0. The molecular formula is C52H64. The summed E-state index contributed by atoms with van der Waals surface area (Å²) in [6.45, 7) is 25.1. The van der Waals surface area contributed by atoms with Crippen molar-refractivity contribution >= 4 is 0 Å². The molecule has 0 spiro atoms. The summed E-state index contributed by atoms with van der Waals surface area (Å²) in [4.78, 5) is 0. The molecule has 0 heterocycles. The lowest BCUT2D eigenvalue weighted by molar-refractivity contribution is 0.418. The molecule has 1 atom stereocenters. The zero-order valence-corrected chi connectivity index (χ0v) is 34.3. The van der Waals surface area contributed by atoms with E-state index in [9.17, 15) is 0 Å². The minimum Gasteiger partial charge on any atom is -0.0839 e. The van der Waals surface area contributed by atoms with Crippen molar-refractivity contribution < 1.29 is 0 Å². The maximum atomic E-state index is 2.74. The molecule has 0 saturated carbocycles. The van der Waals surface area contributed by atoms with Gasteiger partial charge in [-0.15, -0.1) is 0 Å². The van der Waals surface area contributed by atoms with E-state index in [-0.39, 0.29) is 27.1 Å². The number of allylic oxidation sites excluding steroid dienone is 24. The summed E-state index contributed by atoms with van der Waals surface area (Å²) in [5.41, 5.74) is 27.0. The molecule has 9 rings (SSSR count). The van der Waals surface area contributed by atoms with Gasteiger partial charge in [0.15, 0.2) is 0 Å². The van der Waals surface area contributed by atoms with Gasteiger partial charge in [0.05, 0.1) is 0 Å². The fourth-order valence-electron chi connectivity index (χ4n) is 12.7. The predicted molar refractivity (Wildman–Crippen MR) is 222 cm³/mol. The van der Waals surface area contributed by atoms with E-state index in [4.69, 9.17) is 0 Å². The minimum atomic E-state index is 0.0472. The summed E-state index contributed by atoms with van der Waals surface area (Å²) in [6, 6.07) is 0. The first-order chi connectivity index (χ1) is 24.6. The molecule has 0 aromatic carbocycles. The van der Waals surface area contributed by atoms with Crippen LogP contribution in [0.4, 0.5) is 0 Å². The number of fused-ring (bicyclic) bond motifs is 3. The average Bonchev–Trinajstić information content (AvgIpc) is 3.63. The van der Waals surface area contributed by atoms with Crippen LogP contribution >= 0.6 is 0 Å². The summed E-state index contributed by atoms with van der Waals surface area (Å²) < 4.78 is 0. The lowest BCUT2D eigenvalue weighted by atomic mass is 9.64. The van der Waals surface area contributed by atoms with E-state index < -0.39 is 0 Å². The lowest BCUT2D eigenvalue weighted by Gasteiger charge is -2.40. The van der Waals surface area contributed by atoms with Crippen molar-refractivity contribution in [2.75, 3.05) is 0 Å². The quantitative estimate of drug-likeness (QED) is 0.270. The molecule has 0 aromatic rings. The second-order valence-electron chi connectivity index (χ2n) is 20.1. The molecule has 9 aliphatic carbocycles. The third kappa shape index (κ3) is 4.64. The number of rotatable bonds is 5. The maximum Gasteiger partial charge on any atom is 0.0152 e. The Bertz CT molecular complexity index is 2090. The van der Waals surface area contributed by atoms with Crippen molar-refractivity contribution in [3.8, 4) is 0 Å². The van der Waals surface area contributed by atoms with Crippen molar-refractivity contribution in [3.05, 3.63) is 138 Å². The van der Waals surface area contributed by atoms with Crippen LogP contribution in [0.15, 0.2) is 138 Å². The van der Waals surface area contributed by atoms with Crippen LogP contribution in [0.5, 0.6) is 0 Å². The van der Waals surface area contributed by atoms with Crippen molar-refractivity contribution in [2.45, 2.75) is 153 Å². The van der Waals surface area contributed by atoms with E-state index in [1.54, 1.807) is 89.2 Å². The van der Waals surface area contributed by atoms with E-state index in [1.807, 2.05) is 0 Å². The Labute approximate surface area is 316 Å². The van der Waals surface area contributed by atoms with Gasteiger partial charge in [0.25, 0.3) is 0 Å². The van der Waals surface area contributed by atoms with Gasteiger partial charge < -0.3 is 0 Å². The van der Waals surface area contributed by atoms with E-state index in [0.29, 0.717) is 0 Å². The largest absolute Gasteiger partial charge is 0.0839 e. The number of hydrogen-bond acceptors (Lipinski definition) is 0. The standard InChI is InChI=1S/C52H64/c1-11-52(10,34-22-26-39-37-17-13-15-19-43(37)50(6,7)46(39)30-34)35-23-27-41-40-25-21-33(29-45(40)51(8,9)47(41)31-35)48(2,3)32-20-24-38-36-16-12-14-18-42(36)49(4,5)44(38)28-32/h14-15,18-19,28-31H,11-13,16-17,20-27H2,1-10H3. The zero-order valence-electron chi connectivity index (χ0n) is 34.3. The highest BCUT2D eigenvalue weighted by atomic mass is 14.5. The first-order valence-electron chi connectivity index (χ1n) is 21.2. The van der Waals surface area contributed by atoms with Crippen LogP contribution in [0.25, 0.3) is 0 Å². The van der Waals surface area contributed by atoms with E-state index in [1.165, 1.54) is 83.5 Å². The van der Waals surface area contributed by atoms with Crippen molar-refractivity contribution in [1.82, 2.24) is 0 Å². The first-order valence-corrected chi connectivity index (χ1v) is 21.2. The molecule has 0 aliphatic heterocycles. The SMILES string of the molecule is CCC(C)(C1=CC2=C(CC1)C1=C(C=CCC1)C2(C)C)C1=CC2=C(CC1)C1=C(C=C(C(C)(C)C3=CC4=C(CC3)C3=C(C=CCC3)C4(C)C)CC1)C2(C)C. The van der Waals surface area contributed by atoms with Crippen LogP contribution in [-0.2, 0) is 0 Å². The van der Waals surface area contributed by atoms with E-state index >= 15 is 0 Å². The van der Waals surface area contributed by atoms with Crippen LogP contribution in [0.1, 0.15) is 153 Å². The minimum absolute atomic E-state index is 0.0472. The molecule has 52 heavy (non-hydrogen) atoms. The van der Waals surface area contributed by atoms with Crippen molar-refractivity contribution in [2.24, 2.45) is 27.1 Å². The van der Waals surface area contributed by atoms with E-state index in [0.717, 1.165) is 0 Å². The molecule has 272 valence electrons. The van der Waals surface area contributed by atoms with Gasteiger partial charge in [0.1, 0.15) is 0 Å². The first kappa shape index (κ1) is 34.6. The maximum absolute atomic E-state index is 2.74. The fourth-order valence-corrected chi connectivity index (χ4v) is 12.7. The third-order valence-electron chi connectivity index (χ3n) is 16.4. The van der Waals surface area contributed by atoms with Gasteiger partial charge in [-0.2, -0.15) is 0 Å². The predicted octanol–water partition coefficient (Wildman–Crippen LogP) is 14.9. The normalized spacial score (nSPS) is 28.2. The molecule has 1 unspecified atom stereocenters. The molecule has 0 saturated heterocycles. The molecule has 0 amide bonds. The summed E-state index contributed by atoms with van der Waals surface area (Å²) in [5, 5.41) is 0. The van der Waals surface area contributed by atoms with Crippen LogP contribution in [0.2, 0.25) is 0 Å². The highest BCUT2D eigenvalue weighted by molar-refractivity contribution is 5.67. The average molecular weight is 689 g/mol. The van der Waals surface area contributed by atoms with Crippen LogP contribution in [0.3, 0.4) is 0 Å². The Morgan fingerprint density at radius 1 is 0.423 bits per heavy atom. The topological polar surface area (TPSA) is 0 Å². The molecular weight excluding hydrogens is 625 g/mol. The molecule has 0 N–H and O–H groups in total. The van der Waals surface area contributed by atoms with Gasteiger partial charge in [-0.3, -0.25) is 0 Å². The Morgan fingerprint density at radius 3 is 1.10 bits per heavy atom. The summed E-state index contributed by atoms with van der Waals surface area (Å²) in [6.07, 6.45) is 36.2.